The molecule has 0 saturated carbocycles. The highest BCUT2D eigenvalue weighted by molar-refractivity contribution is 6.16. The number of anilines is 1. The van der Waals surface area contributed by atoms with Gasteiger partial charge in [-0.05, 0) is 18.2 Å². The van der Waals surface area contributed by atoms with Crippen LogP contribution in [0.4, 0.5) is 5.82 Å². The van der Waals surface area contributed by atoms with Crippen LogP contribution >= 0.6 is 0 Å². The van der Waals surface area contributed by atoms with Crippen LogP contribution in [0.25, 0.3) is 11.8 Å². The Morgan fingerprint density at radius 2 is 1.86 bits per heavy atom. The topological polar surface area (TPSA) is 129 Å². The SMILES string of the molecule is Cn1c(N)c(C(=O)/C(C#N)=C/c2cnn(-c3ccccc3)c2)c(=O)n(C)c1=O. The fourth-order valence-corrected chi connectivity index (χ4v) is 2.66. The van der Waals surface area contributed by atoms with E-state index < -0.39 is 22.6 Å². The summed E-state index contributed by atoms with van der Waals surface area (Å²) < 4.78 is 3.34. The van der Waals surface area contributed by atoms with Gasteiger partial charge in [-0.1, -0.05) is 18.2 Å². The highest BCUT2D eigenvalue weighted by Gasteiger charge is 2.23. The molecule has 0 radical (unpaired) electrons. The second kappa shape index (κ2) is 7.20. The molecule has 3 aromatic rings. The molecule has 0 fully saturated rings. The summed E-state index contributed by atoms with van der Waals surface area (Å²) in [4.78, 5) is 37.0. The monoisotopic (exact) mass is 376 g/mol. The maximum atomic E-state index is 12.8. The molecule has 2 aromatic heterocycles. The van der Waals surface area contributed by atoms with E-state index in [1.54, 1.807) is 16.9 Å². The Morgan fingerprint density at radius 3 is 2.50 bits per heavy atom. The van der Waals surface area contributed by atoms with E-state index in [0.29, 0.717) is 5.56 Å². The van der Waals surface area contributed by atoms with Crippen LogP contribution in [-0.2, 0) is 14.1 Å². The van der Waals surface area contributed by atoms with Crippen molar-refractivity contribution >= 4 is 17.7 Å². The van der Waals surface area contributed by atoms with Crippen LogP contribution in [0.1, 0.15) is 15.9 Å². The molecule has 0 aliphatic carbocycles. The molecule has 0 aliphatic rings. The Kier molecular flexibility index (Phi) is 4.78. The smallest absolute Gasteiger partial charge is 0.332 e. The van der Waals surface area contributed by atoms with Crippen LogP contribution in [0, 0.1) is 11.3 Å². The molecule has 3 rings (SSSR count). The number of hydrogen-bond donors (Lipinski definition) is 1. The molecule has 9 heteroatoms. The standard InChI is InChI=1S/C19H16N6O3/c1-23-17(21)15(18(27)24(2)19(23)28)16(26)13(9-20)8-12-10-22-25(11-12)14-6-4-3-5-7-14/h3-8,10-11H,21H2,1-2H3/b13-8+. The van der Waals surface area contributed by atoms with Crippen LogP contribution in [-0.4, -0.2) is 24.7 Å². The Labute approximate surface area is 159 Å². The minimum Gasteiger partial charge on any atom is -0.384 e. The first-order valence-corrected chi connectivity index (χ1v) is 8.17. The summed E-state index contributed by atoms with van der Waals surface area (Å²) in [5.41, 5.74) is 4.86. The number of ketones is 1. The first kappa shape index (κ1) is 18.6. The predicted octanol–water partition coefficient (Wildman–Crippen LogP) is 0.642. The van der Waals surface area contributed by atoms with Gasteiger partial charge in [-0.15, -0.1) is 0 Å². The Hall–Kier alpha value is -4.19. The molecular weight excluding hydrogens is 360 g/mol. The zero-order chi connectivity index (χ0) is 20.4. The lowest BCUT2D eigenvalue weighted by molar-refractivity contribution is 0.103. The first-order chi connectivity index (χ1) is 13.3. The number of carbonyl (C=O) groups excluding carboxylic acids is 1. The number of benzene rings is 1. The number of allylic oxidation sites excluding steroid dienone is 1. The number of nitrogens with zero attached hydrogens (tertiary/aromatic N) is 5. The molecule has 140 valence electrons. The van der Waals surface area contributed by atoms with E-state index in [4.69, 9.17) is 5.73 Å². The fraction of sp³-hybridized carbons (Fsp3) is 0.105. The number of nitrogen functional groups attached to an aromatic ring is 1. The molecule has 28 heavy (non-hydrogen) atoms. The van der Waals surface area contributed by atoms with E-state index in [-0.39, 0.29) is 11.4 Å². The van der Waals surface area contributed by atoms with E-state index in [9.17, 15) is 19.6 Å². The van der Waals surface area contributed by atoms with Gasteiger partial charge in [0.2, 0.25) is 5.78 Å². The number of hydrogen-bond acceptors (Lipinski definition) is 6. The number of nitrogens with two attached hydrogens (primary N) is 1. The van der Waals surface area contributed by atoms with Crippen LogP contribution in [0.2, 0.25) is 0 Å². The van der Waals surface area contributed by atoms with E-state index in [0.717, 1.165) is 14.8 Å². The minimum absolute atomic E-state index is 0.292. The predicted molar refractivity (Wildman–Crippen MR) is 103 cm³/mol. The normalized spacial score (nSPS) is 11.2. The fourth-order valence-electron chi connectivity index (χ4n) is 2.66. The van der Waals surface area contributed by atoms with Crippen LogP contribution in [0.3, 0.4) is 0 Å². The van der Waals surface area contributed by atoms with Gasteiger partial charge in [-0.3, -0.25) is 18.7 Å². The quantitative estimate of drug-likeness (QED) is 0.404. The number of aromatic nitrogens is 4. The summed E-state index contributed by atoms with van der Waals surface area (Å²) in [6, 6.07) is 11.1. The van der Waals surface area contributed by atoms with Gasteiger partial charge in [0.1, 0.15) is 23.0 Å². The number of carbonyl (C=O) groups is 1. The van der Waals surface area contributed by atoms with Gasteiger partial charge < -0.3 is 5.73 Å². The number of Topliss-reactive ketones (excluding diaryl/α,β-unsaturated/α-hetero) is 1. The molecule has 9 nitrogen and oxygen atoms in total. The van der Waals surface area contributed by atoms with Gasteiger partial charge >= 0.3 is 5.69 Å². The zero-order valence-corrected chi connectivity index (χ0v) is 15.2. The van der Waals surface area contributed by atoms with E-state index >= 15 is 0 Å². The molecule has 0 spiro atoms. The van der Waals surface area contributed by atoms with Crippen molar-refractivity contribution in [1.82, 2.24) is 18.9 Å². The van der Waals surface area contributed by atoms with Gasteiger partial charge in [0.25, 0.3) is 5.56 Å². The summed E-state index contributed by atoms with van der Waals surface area (Å²) in [6.45, 7) is 0. The summed E-state index contributed by atoms with van der Waals surface area (Å²) in [5, 5.41) is 13.6. The summed E-state index contributed by atoms with van der Waals surface area (Å²) in [6.07, 6.45) is 4.45. The lowest BCUT2D eigenvalue weighted by atomic mass is 10.0. The summed E-state index contributed by atoms with van der Waals surface area (Å²) in [7, 11) is 2.58. The minimum atomic E-state index is -0.858. The maximum absolute atomic E-state index is 12.8. The van der Waals surface area contributed by atoms with Crippen molar-refractivity contribution in [3.8, 4) is 11.8 Å². The average molecular weight is 376 g/mol. The number of rotatable bonds is 4. The van der Waals surface area contributed by atoms with E-state index in [1.165, 1.54) is 26.4 Å². The highest BCUT2D eigenvalue weighted by atomic mass is 16.2. The van der Waals surface area contributed by atoms with Gasteiger partial charge in [0.15, 0.2) is 0 Å². The van der Waals surface area contributed by atoms with Crippen molar-refractivity contribution in [2.45, 2.75) is 0 Å². The molecule has 0 unspecified atom stereocenters. The molecule has 2 N–H and O–H groups in total. The van der Waals surface area contributed by atoms with E-state index in [2.05, 4.69) is 5.10 Å². The second-order valence-electron chi connectivity index (χ2n) is 6.02. The van der Waals surface area contributed by atoms with Crippen LogP contribution < -0.4 is 17.0 Å². The van der Waals surface area contributed by atoms with Crippen molar-refractivity contribution in [2.24, 2.45) is 14.1 Å². The van der Waals surface area contributed by atoms with Crippen molar-refractivity contribution < 1.29 is 4.79 Å². The number of nitriles is 1. The molecule has 0 aliphatic heterocycles. The Morgan fingerprint density at radius 1 is 1.18 bits per heavy atom. The maximum Gasteiger partial charge on any atom is 0.332 e. The van der Waals surface area contributed by atoms with E-state index in [1.807, 2.05) is 30.3 Å². The van der Waals surface area contributed by atoms with Crippen LogP contribution in [0.5, 0.6) is 0 Å². The molecule has 2 heterocycles. The molecule has 0 bridgehead atoms. The van der Waals surface area contributed by atoms with Gasteiger partial charge in [0.05, 0.1) is 11.9 Å². The van der Waals surface area contributed by atoms with Crippen LogP contribution in [0.15, 0.2) is 57.9 Å². The van der Waals surface area contributed by atoms with Crippen molar-refractivity contribution in [3.05, 3.63) is 80.3 Å². The summed E-state index contributed by atoms with van der Waals surface area (Å²) in [5.74, 6) is -1.15. The van der Waals surface area contributed by atoms with Gasteiger partial charge in [-0.25, -0.2) is 9.48 Å². The molecule has 0 saturated heterocycles. The first-order valence-electron chi connectivity index (χ1n) is 8.17. The largest absolute Gasteiger partial charge is 0.384 e. The lowest BCUT2D eigenvalue weighted by Crippen LogP contribution is -2.41. The lowest BCUT2D eigenvalue weighted by Gasteiger charge is -2.10. The van der Waals surface area contributed by atoms with Crippen molar-refractivity contribution in [2.75, 3.05) is 5.73 Å². The summed E-state index contributed by atoms with van der Waals surface area (Å²) >= 11 is 0. The Balaban J connectivity index is 2.05. The zero-order valence-electron chi connectivity index (χ0n) is 15.2. The van der Waals surface area contributed by atoms with Crippen molar-refractivity contribution in [1.29, 1.82) is 5.26 Å². The third-order valence-electron chi connectivity index (χ3n) is 4.24. The van der Waals surface area contributed by atoms with Gasteiger partial charge in [-0.2, -0.15) is 10.4 Å². The van der Waals surface area contributed by atoms with Crippen molar-refractivity contribution in [3.63, 3.8) is 0 Å². The molecular formula is C19H16N6O3. The number of para-hydroxylation sites is 1. The average Bonchev–Trinajstić information content (AvgIpc) is 3.18. The Bertz CT molecular complexity index is 1260. The van der Waals surface area contributed by atoms with Gasteiger partial charge in [0, 0.05) is 25.9 Å². The third-order valence-corrected chi connectivity index (χ3v) is 4.24. The molecule has 0 atom stereocenters. The molecule has 1 aromatic carbocycles. The third kappa shape index (κ3) is 3.14. The molecule has 0 amide bonds. The second-order valence-corrected chi connectivity index (χ2v) is 6.02. The highest BCUT2D eigenvalue weighted by Crippen LogP contribution is 2.15.